The molecule has 106 valence electrons. The average molecular weight is 268 g/mol. The predicted molar refractivity (Wildman–Crippen MR) is 84.8 cm³/mol. The quantitative estimate of drug-likeness (QED) is 0.697. The third kappa shape index (κ3) is 4.21. The number of rotatable bonds is 6. The fraction of sp³-hybridized carbons (Fsp3) is 0.368. The van der Waals surface area contributed by atoms with Gasteiger partial charge in [-0.05, 0) is 36.0 Å². The lowest BCUT2D eigenvalue weighted by Gasteiger charge is -2.11. The largest absolute Gasteiger partial charge is 0.372 e. The lowest BCUT2D eigenvalue weighted by Crippen LogP contribution is -1.97. The van der Waals surface area contributed by atoms with Gasteiger partial charge in [0.05, 0.1) is 13.2 Å². The number of aryl methyl sites for hydroxylation is 1. The topological polar surface area (TPSA) is 9.23 Å². The molecule has 1 heteroatoms. The maximum Gasteiger partial charge on any atom is 0.0721 e. The second-order valence-corrected chi connectivity index (χ2v) is 5.53. The zero-order chi connectivity index (χ0) is 14.4. The molecule has 0 radical (unpaired) electrons. The Morgan fingerprint density at radius 2 is 1.65 bits per heavy atom. The zero-order valence-corrected chi connectivity index (χ0v) is 12.7. The van der Waals surface area contributed by atoms with Crippen LogP contribution in [0.25, 0.3) is 0 Å². The smallest absolute Gasteiger partial charge is 0.0721 e. The highest BCUT2D eigenvalue weighted by Gasteiger charge is 2.03. The van der Waals surface area contributed by atoms with E-state index in [2.05, 4.69) is 69.3 Å². The van der Waals surface area contributed by atoms with Gasteiger partial charge in [-0.3, -0.25) is 0 Å². The first kappa shape index (κ1) is 14.8. The molecule has 0 aliphatic rings. The van der Waals surface area contributed by atoms with E-state index < -0.39 is 0 Å². The Balaban J connectivity index is 1.89. The van der Waals surface area contributed by atoms with Gasteiger partial charge in [0.1, 0.15) is 0 Å². The molecule has 0 spiro atoms. The molecule has 0 N–H and O–H groups in total. The third-order valence-corrected chi connectivity index (χ3v) is 3.79. The van der Waals surface area contributed by atoms with Crippen molar-refractivity contribution in [3.8, 4) is 0 Å². The molecule has 0 amide bonds. The molecule has 2 rings (SSSR count). The van der Waals surface area contributed by atoms with Crippen LogP contribution in [-0.4, -0.2) is 0 Å². The summed E-state index contributed by atoms with van der Waals surface area (Å²) in [4.78, 5) is 0. The fourth-order valence-corrected chi connectivity index (χ4v) is 2.20. The van der Waals surface area contributed by atoms with E-state index in [0.29, 0.717) is 19.1 Å². The van der Waals surface area contributed by atoms with E-state index in [1.807, 2.05) is 0 Å². The van der Waals surface area contributed by atoms with E-state index in [4.69, 9.17) is 4.74 Å². The van der Waals surface area contributed by atoms with E-state index in [0.717, 1.165) is 0 Å². The zero-order valence-electron chi connectivity index (χ0n) is 12.7. The van der Waals surface area contributed by atoms with Gasteiger partial charge in [0.25, 0.3) is 0 Å². The summed E-state index contributed by atoms with van der Waals surface area (Å²) in [5.41, 5.74) is 5.18. The lowest BCUT2D eigenvalue weighted by atomic mass is 9.97. The fourth-order valence-electron chi connectivity index (χ4n) is 2.20. The summed E-state index contributed by atoms with van der Waals surface area (Å²) in [6.45, 7) is 7.95. The van der Waals surface area contributed by atoms with E-state index >= 15 is 0 Å². The molecule has 0 aromatic heterocycles. The van der Waals surface area contributed by atoms with Gasteiger partial charge >= 0.3 is 0 Å². The second-order valence-electron chi connectivity index (χ2n) is 5.53. The molecule has 0 saturated carbocycles. The van der Waals surface area contributed by atoms with Crippen LogP contribution in [0.15, 0.2) is 48.5 Å². The Labute approximate surface area is 122 Å². The van der Waals surface area contributed by atoms with Crippen molar-refractivity contribution >= 4 is 0 Å². The minimum atomic E-state index is 0.618. The molecule has 0 aliphatic carbocycles. The molecule has 2 aromatic carbocycles. The Morgan fingerprint density at radius 3 is 2.35 bits per heavy atom. The molecule has 20 heavy (non-hydrogen) atoms. The van der Waals surface area contributed by atoms with Crippen LogP contribution in [0.4, 0.5) is 0 Å². The van der Waals surface area contributed by atoms with Gasteiger partial charge in [-0.25, -0.2) is 0 Å². The van der Waals surface area contributed by atoms with Crippen LogP contribution in [0.3, 0.4) is 0 Å². The van der Waals surface area contributed by atoms with E-state index in [9.17, 15) is 0 Å². The molecular weight excluding hydrogens is 244 g/mol. The first-order valence-corrected chi connectivity index (χ1v) is 7.41. The van der Waals surface area contributed by atoms with Gasteiger partial charge in [-0.15, -0.1) is 0 Å². The monoisotopic (exact) mass is 268 g/mol. The third-order valence-electron chi connectivity index (χ3n) is 3.79. The molecule has 0 heterocycles. The highest BCUT2D eigenvalue weighted by atomic mass is 16.5. The van der Waals surface area contributed by atoms with Gasteiger partial charge in [0, 0.05) is 0 Å². The van der Waals surface area contributed by atoms with Crippen LogP contribution in [-0.2, 0) is 18.0 Å². The van der Waals surface area contributed by atoms with E-state index in [1.165, 1.54) is 28.7 Å². The SMILES string of the molecule is CCC(C)c1cccc(COCc2ccc(C)cc2)c1. The summed E-state index contributed by atoms with van der Waals surface area (Å²) in [5, 5.41) is 0. The molecule has 0 bridgehead atoms. The Bertz CT molecular complexity index is 528. The summed E-state index contributed by atoms with van der Waals surface area (Å²) in [6, 6.07) is 17.3. The Hall–Kier alpha value is -1.60. The number of hydrogen-bond donors (Lipinski definition) is 0. The highest BCUT2D eigenvalue weighted by molar-refractivity contribution is 5.25. The summed E-state index contributed by atoms with van der Waals surface area (Å²) in [7, 11) is 0. The van der Waals surface area contributed by atoms with Crippen LogP contribution in [0.2, 0.25) is 0 Å². The number of hydrogen-bond acceptors (Lipinski definition) is 1. The van der Waals surface area contributed by atoms with Crippen LogP contribution in [0.5, 0.6) is 0 Å². The predicted octanol–water partition coefficient (Wildman–Crippen LogP) is 5.23. The summed E-state index contributed by atoms with van der Waals surface area (Å²) in [6.07, 6.45) is 1.17. The molecule has 0 aliphatic heterocycles. The summed E-state index contributed by atoms with van der Waals surface area (Å²) >= 11 is 0. The van der Waals surface area contributed by atoms with Crippen LogP contribution >= 0.6 is 0 Å². The normalized spacial score (nSPS) is 12.3. The Kier molecular flexibility index (Phi) is 5.37. The average Bonchev–Trinajstić information content (AvgIpc) is 2.49. The molecule has 1 atom stereocenters. The summed E-state index contributed by atoms with van der Waals surface area (Å²) in [5.74, 6) is 0.618. The standard InChI is InChI=1S/C19H24O/c1-4-16(3)19-7-5-6-18(12-19)14-20-13-17-10-8-15(2)9-11-17/h5-12,16H,4,13-14H2,1-3H3. The van der Waals surface area contributed by atoms with Crippen molar-refractivity contribution < 1.29 is 4.74 Å². The van der Waals surface area contributed by atoms with Gasteiger partial charge in [0.15, 0.2) is 0 Å². The molecule has 0 saturated heterocycles. The summed E-state index contributed by atoms with van der Waals surface area (Å²) < 4.78 is 5.81. The van der Waals surface area contributed by atoms with Crippen LogP contribution in [0.1, 0.15) is 48.4 Å². The van der Waals surface area contributed by atoms with Gasteiger partial charge in [0.2, 0.25) is 0 Å². The molecule has 0 fully saturated rings. The van der Waals surface area contributed by atoms with Crippen molar-refractivity contribution in [3.05, 3.63) is 70.8 Å². The minimum absolute atomic E-state index is 0.618. The first-order valence-electron chi connectivity index (χ1n) is 7.41. The number of benzene rings is 2. The first-order chi connectivity index (χ1) is 9.69. The van der Waals surface area contributed by atoms with Crippen molar-refractivity contribution in [1.82, 2.24) is 0 Å². The maximum absolute atomic E-state index is 5.81. The lowest BCUT2D eigenvalue weighted by molar-refractivity contribution is 0.107. The van der Waals surface area contributed by atoms with Crippen molar-refractivity contribution in [2.75, 3.05) is 0 Å². The van der Waals surface area contributed by atoms with E-state index in [-0.39, 0.29) is 0 Å². The minimum Gasteiger partial charge on any atom is -0.372 e. The van der Waals surface area contributed by atoms with Gasteiger partial charge in [-0.2, -0.15) is 0 Å². The van der Waals surface area contributed by atoms with Gasteiger partial charge in [-0.1, -0.05) is 67.9 Å². The molecular formula is C19H24O. The van der Waals surface area contributed by atoms with Gasteiger partial charge < -0.3 is 4.74 Å². The molecule has 2 aromatic rings. The second kappa shape index (κ2) is 7.25. The Morgan fingerprint density at radius 1 is 0.950 bits per heavy atom. The van der Waals surface area contributed by atoms with Crippen molar-refractivity contribution in [2.24, 2.45) is 0 Å². The van der Waals surface area contributed by atoms with Crippen molar-refractivity contribution in [1.29, 1.82) is 0 Å². The van der Waals surface area contributed by atoms with Crippen molar-refractivity contribution in [3.63, 3.8) is 0 Å². The van der Waals surface area contributed by atoms with Crippen LogP contribution in [0, 0.1) is 6.92 Å². The highest BCUT2D eigenvalue weighted by Crippen LogP contribution is 2.20. The molecule has 1 nitrogen and oxygen atoms in total. The van der Waals surface area contributed by atoms with Crippen molar-refractivity contribution in [2.45, 2.75) is 46.3 Å². The van der Waals surface area contributed by atoms with Crippen LogP contribution < -0.4 is 0 Å². The maximum atomic E-state index is 5.81. The molecule has 1 unspecified atom stereocenters. The number of ether oxygens (including phenoxy) is 1. The van der Waals surface area contributed by atoms with E-state index in [1.54, 1.807) is 0 Å².